The van der Waals surface area contributed by atoms with Crippen molar-refractivity contribution in [2.45, 2.75) is 19.9 Å². The number of hydrogen-bond acceptors (Lipinski definition) is 6. The van der Waals surface area contributed by atoms with Crippen molar-refractivity contribution in [1.29, 1.82) is 0 Å². The first-order valence-corrected chi connectivity index (χ1v) is 10.1. The van der Waals surface area contributed by atoms with Gasteiger partial charge in [-0.15, -0.1) is 0 Å². The van der Waals surface area contributed by atoms with E-state index in [2.05, 4.69) is 28.7 Å². The van der Waals surface area contributed by atoms with E-state index in [1.165, 1.54) is 6.92 Å². The van der Waals surface area contributed by atoms with Gasteiger partial charge in [-0.3, -0.25) is 9.69 Å². The Hall–Kier alpha value is -1.96. The van der Waals surface area contributed by atoms with Crippen LogP contribution in [0.15, 0.2) is 18.2 Å². The van der Waals surface area contributed by atoms with Gasteiger partial charge in [0, 0.05) is 58.4 Å². The summed E-state index contributed by atoms with van der Waals surface area (Å²) in [5.41, 5.74) is 1.52. The first-order chi connectivity index (χ1) is 13.3. The van der Waals surface area contributed by atoms with Gasteiger partial charge in [-0.05, 0) is 45.6 Å². The van der Waals surface area contributed by atoms with Crippen LogP contribution in [0.1, 0.15) is 35.8 Å². The zero-order valence-electron chi connectivity index (χ0n) is 17.5. The Morgan fingerprint density at radius 3 is 2.07 bits per heavy atom. The van der Waals surface area contributed by atoms with Gasteiger partial charge in [-0.2, -0.15) is 0 Å². The molecule has 0 aliphatic carbocycles. The fourth-order valence-electron chi connectivity index (χ4n) is 3.74. The number of carbonyl (C=O) groups excluding carboxylic acids is 2. The van der Waals surface area contributed by atoms with Crippen LogP contribution in [0.25, 0.3) is 0 Å². The van der Waals surface area contributed by atoms with Gasteiger partial charge in [-0.1, -0.05) is 6.07 Å². The van der Waals surface area contributed by atoms with Crippen molar-refractivity contribution in [1.82, 2.24) is 19.6 Å². The van der Waals surface area contributed by atoms with E-state index in [0.29, 0.717) is 24.4 Å². The number of ketones is 1. The van der Waals surface area contributed by atoms with E-state index in [1.54, 1.807) is 11.0 Å². The number of Topliss-reactive ketones (excluding diaryl/α,β-unsaturated/α-hetero) is 1. The zero-order chi connectivity index (χ0) is 20.3. The third-order valence-corrected chi connectivity index (χ3v) is 5.91. The SMILES string of the molecule is CC(=O)c1ccc(C(C)N2CCN(C)CC2)cc1OC(=O)N1CCN(C)CC1. The summed E-state index contributed by atoms with van der Waals surface area (Å²) in [5.74, 6) is 0.273. The van der Waals surface area contributed by atoms with Gasteiger partial charge >= 0.3 is 6.09 Å². The second-order valence-electron chi connectivity index (χ2n) is 7.99. The molecule has 0 bridgehead atoms. The summed E-state index contributed by atoms with van der Waals surface area (Å²) in [6.07, 6.45) is -0.375. The van der Waals surface area contributed by atoms with Crippen molar-refractivity contribution in [3.8, 4) is 5.75 Å². The molecule has 2 aliphatic rings. The fourth-order valence-corrected chi connectivity index (χ4v) is 3.74. The third-order valence-electron chi connectivity index (χ3n) is 5.91. The first-order valence-electron chi connectivity index (χ1n) is 10.1. The van der Waals surface area contributed by atoms with Gasteiger partial charge in [0.25, 0.3) is 0 Å². The Labute approximate surface area is 167 Å². The molecule has 1 amide bonds. The summed E-state index contributed by atoms with van der Waals surface area (Å²) in [5, 5.41) is 0. The van der Waals surface area contributed by atoms with Crippen LogP contribution in [-0.4, -0.2) is 97.9 Å². The van der Waals surface area contributed by atoms with E-state index in [9.17, 15) is 9.59 Å². The second-order valence-corrected chi connectivity index (χ2v) is 7.99. The summed E-state index contributed by atoms with van der Waals surface area (Å²) in [6.45, 7) is 10.7. The topological polar surface area (TPSA) is 56.3 Å². The molecule has 2 saturated heterocycles. The Bertz CT molecular complexity index is 708. The van der Waals surface area contributed by atoms with Crippen LogP contribution >= 0.6 is 0 Å². The molecule has 2 fully saturated rings. The van der Waals surface area contributed by atoms with E-state index in [-0.39, 0.29) is 17.9 Å². The van der Waals surface area contributed by atoms with Gasteiger partial charge in [0.15, 0.2) is 5.78 Å². The zero-order valence-corrected chi connectivity index (χ0v) is 17.5. The van der Waals surface area contributed by atoms with Crippen molar-refractivity contribution < 1.29 is 14.3 Å². The molecule has 7 heteroatoms. The number of piperazine rings is 2. The molecular formula is C21H32N4O3. The predicted octanol–water partition coefficient (Wildman–Crippen LogP) is 1.94. The molecule has 0 saturated carbocycles. The molecule has 1 unspecified atom stereocenters. The lowest BCUT2D eigenvalue weighted by Crippen LogP contribution is -2.48. The highest BCUT2D eigenvalue weighted by atomic mass is 16.6. The van der Waals surface area contributed by atoms with Crippen molar-refractivity contribution in [2.75, 3.05) is 66.5 Å². The van der Waals surface area contributed by atoms with E-state index < -0.39 is 0 Å². The predicted molar refractivity (Wildman–Crippen MR) is 109 cm³/mol. The summed E-state index contributed by atoms with van der Waals surface area (Å²) in [6, 6.07) is 5.84. The molecule has 7 nitrogen and oxygen atoms in total. The summed E-state index contributed by atoms with van der Waals surface area (Å²) in [4.78, 5) is 33.3. The minimum Gasteiger partial charge on any atom is -0.409 e. The Balaban J connectivity index is 1.76. The van der Waals surface area contributed by atoms with Gasteiger partial charge in [0.1, 0.15) is 5.75 Å². The molecular weight excluding hydrogens is 356 g/mol. The first kappa shape index (κ1) is 20.8. The number of likely N-dealkylation sites (N-methyl/N-ethyl adjacent to an activating group) is 2. The fraction of sp³-hybridized carbons (Fsp3) is 0.619. The monoisotopic (exact) mass is 388 g/mol. The molecule has 1 atom stereocenters. The van der Waals surface area contributed by atoms with Crippen LogP contribution in [0.5, 0.6) is 5.75 Å². The summed E-state index contributed by atoms with van der Waals surface area (Å²) in [7, 11) is 4.18. The molecule has 28 heavy (non-hydrogen) atoms. The molecule has 1 aromatic rings. The van der Waals surface area contributed by atoms with Crippen LogP contribution in [0.3, 0.4) is 0 Å². The number of benzene rings is 1. The lowest BCUT2D eigenvalue weighted by atomic mass is 10.0. The number of carbonyl (C=O) groups is 2. The maximum Gasteiger partial charge on any atom is 0.415 e. The third kappa shape index (κ3) is 4.90. The van der Waals surface area contributed by atoms with Crippen LogP contribution in [-0.2, 0) is 0 Å². The lowest BCUT2D eigenvalue weighted by molar-refractivity contribution is 0.101. The molecule has 0 radical (unpaired) electrons. The van der Waals surface area contributed by atoms with Gasteiger partial charge in [0.05, 0.1) is 5.56 Å². The quantitative estimate of drug-likeness (QED) is 0.735. The molecule has 2 aliphatic heterocycles. The normalized spacial score (nSPS) is 20.8. The maximum absolute atomic E-state index is 12.6. The molecule has 1 aromatic carbocycles. The molecule has 0 aromatic heterocycles. The molecule has 2 heterocycles. The van der Waals surface area contributed by atoms with Crippen LogP contribution in [0.2, 0.25) is 0 Å². The van der Waals surface area contributed by atoms with Crippen LogP contribution < -0.4 is 4.74 Å². The molecule has 154 valence electrons. The highest BCUT2D eigenvalue weighted by Crippen LogP contribution is 2.28. The van der Waals surface area contributed by atoms with Crippen molar-refractivity contribution in [3.05, 3.63) is 29.3 Å². The van der Waals surface area contributed by atoms with Gasteiger partial charge in [0.2, 0.25) is 0 Å². The van der Waals surface area contributed by atoms with Crippen LogP contribution in [0.4, 0.5) is 4.79 Å². The van der Waals surface area contributed by atoms with Crippen molar-refractivity contribution in [2.24, 2.45) is 0 Å². The van der Waals surface area contributed by atoms with Gasteiger partial charge < -0.3 is 19.4 Å². The molecule has 0 spiro atoms. The number of nitrogens with zero attached hydrogens (tertiary/aromatic N) is 4. The Kier molecular flexibility index (Phi) is 6.69. The number of ether oxygens (including phenoxy) is 1. The Morgan fingerprint density at radius 1 is 0.929 bits per heavy atom. The minimum absolute atomic E-state index is 0.0972. The van der Waals surface area contributed by atoms with Gasteiger partial charge in [-0.25, -0.2) is 4.79 Å². The van der Waals surface area contributed by atoms with Crippen molar-refractivity contribution >= 4 is 11.9 Å². The van der Waals surface area contributed by atoms with E-state index >= 15 is 0 Å². The standard InChI is InChI=1S/C21H32N4O3/c1-16(24-11-7-22(3)8-12-24)18-5-6-19(17(2)26)20(15-18)28-21(27)25-13-9-23(4)10-14-25/h5-6,15-16H,7-14H2,1-4H3. The number of amides is 1. The second kappa shape index (κ2) is 9.03. The van der Waals surface area contributed by atoms with E-state index in [4.69, 9.17) is 4.74 Å². The highest BCUT2D eigenvalue weighted by molar-refractivity contribution is 5.97. The average molecular weight is 389 g/mol. The molecule has 0 N–H and O–H groups in total. The summed E-state index contributed by atoms with van der Waals surface area (Å²) < 4.78 is 5.70. The van der Waals surface area contributed by atoms with Crippen molar-refractivity contribution in [3.63, 3.8) is 0 Å². The lowest BCUT2D eigenvalue weighted by Gasteiger charge is -2.36. The largest absolute Gasteiger partial charge is 0.415 e. The highest BCUT2D eigenvalue weighted by Gasteiger charge is 2.25. The van der Waals surface area contributed by atoms with E-state index in [0.717, 1.165) is 44.8 Å². The average Bonchev–Trinajstić information content (AvgIpc) is 2.68. The number of hydrogen-bond donors (Lipinski definition) is 0. The summed E-state index contributed by atoms with van der Waals surface area (Å²) >= 11 is 0. The van der Waals surface area contributed by atoms with E-state index in [1.807, 2.05) is 19.2 Å². The molecule has 3 rings (SSSR count). The maximum atomic E-state index is 12.6. The Morgan fingerprint density at radius 2 is 1.50 bits per heavy atom. The van der Waals surface area contributed by atoms with Crippen LogP contribution in [0, 0.1) is 0 Å². The number of rotatable bonds is 4. The smallest absolute Gasteiger partial charge is 0.409 e. The minimum atomic E-state index is -0.375.